The van der Waals surface area contributed by atoms with E-state index in [1.165, 1.54) is 19.1 Å². The lowest BCUT2D eigenvalue weighted by atomic mass is 10.2. The predicted octanol–water partition coefficient (Wildman–Crippen LogP) is 4.59. The predicted molar refractivity (Wildman–Crippen MR) is 91.0 cm³/mol. The van der Waals surface area contributed by atoms with Gasteiger partial charge in [-0.15, -0.1) is 0 Å². The SMILES string of the molecule is COc1ccccc1N(C)c1nc(OC2CCCC2)ncc1C(F)(F)F. The van der Waals surface area contributed by atoms with E-state index in [1.54, 1.807) is 24.3 Å². The van der Waals surface area contributed by atoms with Gasteiger partial charge in [0, 0.05) is 13.2 Å². The molecule has 1 fully saturated rings. The lowest BCUT2D eigenvalue weighted by Gasteiger charge is -2.24. The number of methoxy groups -OCH3 is 1. The van der Waals surface area contributed by atoms with Gasteiger partial charge in [-0.2, -0.15) is 18.2 Å². The van der Waals surface area contributed by atoms with Crippen LogP contribution in [0, 0.1) is 0 Å². The molecule has 1 aromatic carbocycles. The highest BCUT2D eigenvalue weighted by Gasteiger charge is 2.37. The summed E-state index contributed by atoms with van der Waals surface area (Å²) in [6.07, 6.45) is -0.0465. The third-order valence-electron chi connectivity index (χ3n) is 4.39. The van der Waals surface area contributed by atoms with E-state index in [9.17, 15) is 13.2 Å². The van der Waals surface area contributed by atoms with E-state index in [0.29, 0.717) is 11.4 Å². The zero-order valence-corrected chi connectivity index (χ0v) is 14.6. The van der Waals surface area contributed by atoms with Gasteiger partial charge in [-0.25, -0.2) is 4.98 Å². The van der Waals surface area contributed by atoms with Gasteiger partial charge in [0.2, 0.25) is 0 Å². The average Bonchev–Trinajstić information content (AvgIpc) is 3.13. The number of para-hydroxylation sites is 2. The number of hydrogen-bond acceptors (Lipinski definition) is 5. The number of anilines is 2. The minimum atomic E-state index is -4.59. The average molecular weight is 367 g/mol. The first-order valence-corrected chi connectivity index (χ1v) is 8.38. The molecule has 1 aliphatic rings. The molecule has 140 valence electrons. The number of alkyl halides is 3. The quantitative estimate of drug-likeness (QED) is 0.773. The van der Waals surface area contributed by atoms with E-state index in [-0.39, 0.29) is 17.9 Å². The summed E-state index contributed by atoms with van der Waals surface area (Å²) in [5.74, 6) is 0.171. The van der Waals surface area contributed by atoms with Crippen LogP contribution in [0.4, 0.5) is 24.7 Å². The molecule has 0 atom stereocenters. The van der Waals surface area contributed by atoms with Crippen molar-refractivity contribution in [2.75, 3.05) is 19.1 Å². The first kappa shape index (κ1) is 18.3. The van der Waals surface area contributed by atoms with E-state index in [4.69, 9.17) is 9.47 Å². The second kappa shape index (κ2) is 7.39. The maximum absolute atomic E-state index is 13.5. The molecule has 0 saturated heterocycles. The second-order valence-electron chi connectivity index (χ2n) is 6.14. The van der Waals surface area contributed by atoms with Gasteiger partial charge in [0.15, 0.2) is 5.82 Å². The van der Waals surface area contributed by atoms with Gasteiger partial charge in [-0.1, -0.05) is 12.1 Å². The standard InChI is InChI=1S/C18H20F3N3O2/c1-24(14-9-5-6-10-15(14)25-2)16-13(18(19,20)21)11-22-17(23-16)26-12-7-3-4-8-12/h5-6,9-12H,3-4,7-8H2,1-2H3. The Morgan fingerprint density at radius 3 is 2.50 bits per heavy atom. The van der Waals surface area contributed by atoms with Gasteiger partial charge < -0.3 is 14.4 Å². The molecule has 2 aromatic rings. The van der Waals surface area contributed by atoms with Crippen LogP contribution >= 0.6 is 0 Å². The maximum Gasteiger partial charge on any atom is 0.421 e. The first-order valence-electron chi connectivity index (χ1n) is 8.38. The number of halogens is 3. The normalized spacial score (nSPS) is 15.1. The van der Waals surface area contributed by atoms with Crippen LogP contribution < -0.4 is 14.4 Å². The van der Waals surface area contributed by atoms with Crippen molar-refractivity contribution in [3.63, 3.8) is 0 Å². The van der Waals surface area contributed by atoms with Gasteiger partial charge in [0.25, 0.3) is 0 Å². The minimum Gasteiger partial charge on any atom is -0.495 e. The van der Waals surface area contributed by atoms with E-state index in [0.717, 1.165) is 31.9 Å². The highest BCUT2D eigenvalue weighted by Crippen LogP contribution is 2.40. The van der Waals surface area contributed by atoms with Crippen LogP contribution in [0.2, 0.25) is 0 Å². The fraction of sp³-hybridized carbons (Fsp3) is 0.444. The molecule has 1 heterocycles. The van der Waals surface area contributed by atoms with Gasteiger partial charge in [-0.05, 0) is 37.8 Å². The monoisotopic (exact) mass is 367 g/mol. The Bertz CT molecular complexity index is 762. The van der Waals surface area contributed by atoms with Crippen LogP contribution in [0.5, 0.6) is 11.8 Å². The Hall–Kier alpha value is -2.51. The molecular weight excluding hydrogens is 347 g/mol. The molecule has 0 aliphatic heterocycles. The molecule has 1 saturated carbocycles. The molecule has 0 N–H and O–H groups in total. The number of rotatable bonds is 5. The summed E-state index contributed by atoms with van der Waals surface area (Å²) in [6.45, 7) is 0. The van der Waals surface area contributed by atoms with E-state index < -0.39 is 11.7 Å². The Kier molecular flexibility index (Phi) is 5.20. The summed E-state index contributed by atoms with van der Waals surface area (Å²) in [5.41, 5.74) is -0.462. The van der Waals surface area contributed by atoms with Crippen LogP contribution in [-0.2, 0) is 6.18 Å². The third kappa shape index (κ3) is 3.84. The molecule has 0 bridgehead atoms. The number of hydrogen-bond donors (Lipinski definition) is 0. The summed E-state index contributed by atoms with van der Waals surface area (Å²) in [4.78, 5) is 9.19. The summed E-state index contributed by atoms with van der Waals surface area (Å²) in [7, 11) is 2.97. The molecular formula is C18H20F3N3O2. The smallest absolute Gasteiger partial charge is 0.421 e. The fourth-order valence-electron chi connectivity index (χ4n) is 3.05. The Balaban J connectivity index is 2.01. The highest BCUT2D eigenvalue weighted by atomic mass is 19.4. The van der Waals surface area contributed by atoms with Crippen LogP contribution in [0.15, 0.2) is 30.5 Å². The van der Waals surface area contributed by atoms with Crippen LogP contribution in [0.1, 0.15) is 31.2 Å². The molecule has 26 heavy (non-hydrogen) atoms. The van der Waals surface area contributed by atoms with Crippen LogP contribution in [0.25, 0.3) is 0 Å². The van der Waals surface area contributed by atoms with Crippen molar-refractivity contribution in [2.45, 2.75) is 38.0 Å². The number of nitrogens with zero attached hydrogens (tertiary/aromatic N) is 3. The summed E-state index contributed by atoms with van der Waals surface area (Å²) >= 11 is 0. The van der Waals surface area contributed by atoms with Gasteiger partial charge in [0.1, 0.15) is 17.4 Å². The minimum absolute atomic E-state index is 0.0401. The van der Waals surface area contributed by atoms with Crippen molar-refractivity contribution in [1.29, 1.82) is 0 Å². The van der Waals surface area contributed by atoms with Crippen molar-refractivity contribution in [3.05, 3.63) is 36.0 Å². The lowest BCUT2D eigenvalue weighted by Crippen LogP contribution is -2.21. The Labute approximate surface area is 149 Å². The molecule has 5 nitrogen and oxygen atoms in total. The van der Waals surface area contributed by atoms with E-state index in [1.807, 2.05) is 0 Å². The van der Waals surface area contributed by atoms with Crippen LogP contribution in [-0.4, -0.2) is 30.2 Å². The van der Waals surface area contributed by atoms with Gasteiger partial charge >= 0.3 is 12.2 Å². The fourth-order valence-corrected chi connectivity index (χ4v) is 3.05. The van der Waals surface area contributed by atoms with Gasteiger partial charge in [-0.3, -0.25) is 0 Å². The Morgan fingerprint density at radius 1 is 1.15 bits per heavy atom. The molecule has 8 heteroatoms. The topological polar surface area (TPSA) is 47.5 Å². The first-order chi connectivity index (χ1) is 12.4. The molecule has 0 amide bonds. The zero-order chi connectivity index (χ0) is 18.7. The molecule has 1 aliphatic carbocycles. The van der Waals surface area contributed by atoms with E-state index in [2.05, 4.69) is 9.97 Å². The highest BCUT2D eigenvalue weighted by molar-refractivity contribution is 5.68. The van der Waals surface area contributed by atoms with Gasteiger partial charge in [0.05, 0.1) is 12.8 Å². The lowest BCUT2D eigenvalue weighted by molar-refractivity contribution is -0.137. The number of ether oxygens (including phenoxy) is 2. The molecule has 0 unspecified atom stereocenters. The van der Waals surface area contributed by atoms with Crippen LogP contribution in [0.3, 0.4) is 0 Å². The maximum atomic E-state index is 13.5. The molecule has 0 spiro atoms. The molecule has 3 rings (SSSR count). The van der Waals surface area contributed by atoms with Crippen molar-refractivity contribution in [3.8, 4) is 11.8 Å². The molecule has 1 aromatic heterocycles. The van der Waals surface area contributed by atoms with Crippen molar-refractivity contribution in [2.24, 2.45) is 0 Å². The summed E-state index contributed by atoms with van der Waals surface area (Å²) in [6, 6.07) is 6.77. The Morgan fingerprint density at radius 2 is 1.85 bits per heavy atom. The largest absolute Gasteiger partial charge is 0.495 e. The summed E-state index contributed by atoms with van der Waals surface area (Å²) in [5, 5.41) is 0. The zero-order valence-electron chi connectivity index (χ0n) is 14.6. The number of benzene rings is 1. The molecule has 0 radical (unpaired) electrons. The summed E-state index contributed by atoms with van der Waals surface area (Å²) < 4.78 is 51.3. The van der Waals surface area contributed by atoms with E-state index >= 15 is 0 Å². The van der Waals surface area contributed by atoms with Crippen molar-refractivity contribution < 1.29 is 22.6 Å². The number of aromatic nitrogens is 2. The third-order valence-corrected chi connectivity index (χ3v) is 4.39. The second-order valence-corrected chi connectivity index (χ2v) is 6.14. The van der Waals surface area contributed by atoms with Crippen molar-refractivity contribution in [1.82, 2.24) is 9.97 Å². The van der Waals surface area contributed by atoms with Crippen molar-refractivity contribution >= 4 is 11.5 Å².